The molecule has 0 spiro atoms. The van der Waals surface area contributed by atoms with Gasteiger partial charge in [0.1, 0.15) is 0 Å². The predicted octanol–water partition coefficient (Wildman–Crippen LogP) is 2.09. The third-order valence-corrected chi connectivity index (χ3v) is 2.60. The van der Waals surface area contributed by atoms with E-state index in [9.17, 15) is 8.78 Å². The lowest BCUT2D eigenvalue weighted by molar-refractivity contribution is 0.146. The molecule has 14 heavy (non-hydrogen) atoms. The van der Waals surface area contributed by atoms with Crippen LogP contribution in [0, 0.1) is 3.57 Å². The summed E-state index contributed by atoms with van der Waals surface area (Å²) in [6, 6.07) is 1.35. The van der Waals surface area contributed by atoms with Crippen LogP contribution >= 0.6 is 22.6 Å². The van der Waals surface area contributed by atoms with E-state index in [0.29, 0.717) is 9.26 Å². The fraction of sp³-hybridized carbons (Fsp3) is 0.375. The van der Waals surface area contributed by atoms with Crippen molar-refractivity contribution in [2.45, 2.75) is 13.0 Å². The Labute approximate surface area is 93.8 Å². The summed E-state index contributed by atoms with van der Waals surface area (Å²) in [7, 11) is 1.31. The van der Waals surface area contributed by atoms with Crippen LogP contribution in [0.2, 0.25) is 0 Å². The van der Waals surface area contributed by atoms with Crippen molar-refractivity contribution in [2.75, 3.05) is 7.11 Å². The van der Waals surface area contributed by atoms with Crippen LogP contribution < -0.4 is 10.5 Å². The van der Waals surface area contributed by atoms with Crippen LogP contribution in [0.1, 0.15) is 17.7 Å². The Kier molecular flexibility index (Phi) is 3.99. The number of methoxy groups -OCH3 is 1. The summed E-state index contributed by atoms with van der Waals surface area (Å²) >= 11 is 1.92. The summed E-state index contributed by atoms with van der Waals surface area (Å²) in [6.45, 7) is 0.206. The molecule has 1 heterocycles. The van der Waals surface area contributed by atoms with E-state index in [2.05, 4.69) is 4.98 Å². The number of nitrogens with zero attached hydrogens (tertiary/aromatic N) is 1. The Hall–Kier alpha value is -0.500. The number of ether oxygens (including phenoxy) is 1. The van der Waals surface area contributed by atoms with Gasteiger partial charge in [0.15, 0.2) is 0 Å². The summed E-state index contributed by atoms with van der Waals surface area (Å²) in [5.74, 6) is -0.0548. The number of pyridine rings is 1. The van der Waals surface area contributed by atoms with E-state index >= 15 is 0 Å². The number of nitrogens with two attached hydrogens (primary N) is 1. The Bertz CT molecular complexity index is 333. The molecular formula is C8H9F2IN2O. The van der Waals surface area contributed by atoms with E-state index in [1.54, 1.807) is 0 Å². The molecule has 0 saturated heterocycles. The van der Waals surface area contributed by atoms with Gasteiger partial charge in [-0.3, -0.25) is 0 Å². The van der Waals surface area contributed by atoms with Crippen molar-refractivity contribution >= 4 is 22.6 Å². The fourth-order valence-corrected chi connectivity index (χ4v) is 1.66. The Balaban J connectivity index is 3.24. The Morgan fingerprint density at radius 3 is 2.71 bits per heavy atom. The van der Waals surface area contributed by atoms with E-state index in [4.69, 9.17) is 10.5 Å². The molecule has 0 aliphatic heterocycles. The van der Waals surface area contributed by atoms with Gasteiger partial charge >= 0.3 is 0 Å². The smallest absolute Gasteiger partial charge is 0.269 e. The second-order valence-electron chi connectivity index (χ2n) is 2.52. The van der Waals surface area contributed by atoms with Crippen molar-refractivity contribution in [3.8, 4) is 5.88 Å². The zero-order valence-electron chi connectivity index (χ0n) is 7.43. The molecule has 0 amide bonds. The van der Waals surface area contributed by atoms with Gasteiger partial charge < -0.3 is 10.5 Å². The van der Waals surface area contributed by atoms with Crippen LogP contribution in [0.3, 0.4) is 0 Å². The lowest BCUT2D eigenvalue weighted by Crippen LogP contribution is -2.06. The second-order valence-corrected chi connectivity index (χ2v) is 3.68. The van der Waals surface area contributed by atoms with Crippen molar-refractivity contribution in [3.05, 3.63) is 20.9 Å². The zero-order valence-corrected chi connectivity index (χ0v) is 9.59. The average Bonchev–Trinajstić information content (AvgIpc) is 2.17. The van der Waals surface area contributed by atoms with E-state index in [1.807, 2.05) is 22.6 Å². The van der Waals surface area contributed by atoms with Gasteiger partial charge in [-0.1, -0.05) is 0 Å². The molecule has 3 nitrogen and oxygen atoms in total. The molecule has 0 bridgehead atoms. The van der Waals surface area contributed by atoms with Gasteiger partial charge in [-0.05, 0) is 28.7 Å². The SMILES string of the molecule is COc1nc(CN)c(I)cc1C(F)F. The van der Waals surface area contributed by atoms with Crippen molar-refractivity contribution in [3.63, 3.8) is 0 Å². The first-order valence-electron chi connectivity index (χ1n) is 3.81. The lowest BCUT2D eigenvalue weighted by atomic mass is 10.2. The van der Waals surface area contributed by atoms with Crippen LogP contribution in [0.25, 0.3) is 0 Å². The van der Waals surface area contributed by atoms with Crippen molar-refractivity contribution in [1.82, 2.24) is 4.98 Å². The van der Waals surface area contributed by atoms with Gasteiger partial charge in [-0.2, -0.15) is 0 Å². The maximum Gasteiger partial charge on any atom is 0.269 e. The molecular weight excluding hydrogens is 305 g/mol. The third kappa shape index (κ3) is 2.30. The van der Waals surface area contributed by atoms with Gasteiger partial charge in [-0.25, -0.2) is 13.8 Å². The highest BCUT2D eigenvalue weighted by molar-refractivity contribution is 14.1. The number of aromatic nitrogens is 1. The summed E-state index contributed by atoms with van der Waals surface area (Å²) < 4.78 is 30.3. The topological polar surface area (TPSA) is 48.1 Å². The lowest BCUT2D eigenvalue weighted by Gasteiger charge is -2.09. The van der Waals surface area contributed by atoms with Crippen LogP contribution in [0.5, 0.6) is 5.88 Å². The summed E-state index contributed by atoms with van der Waals surface area (Å²) in [5.41, 5.74) is 5.75. The highest BCUT2D eigenvalue weighted by Gasteiger charge is 2.17. The molecule has 1 aromatic rings. The molecule has 1 rings (SSSR count). The van der Waals surface area contributed by atoms with Gasteiger partial charge in [0.05, 0.1) is 18.4 Å². The van der Waals surface area contributed by atoms with E-state index in [-0.39, 0.29) is 18.0 Å². The van der Waals surface area contributed by atoms with Crippen molar-refractivity contribution in [1.29, 1.82) is 0 Å². The fourth-order valence-electron chi connectivity index (χ4n) is 0.985. The highest BCUT2D eigenvalue weighted by atomic mass is 127. The van der Waals surface area contributed by atoms with E-state index in [0.717, 1.165) is 0 Å². The quantitative estimate of drug-likeness (QED) is 0.869. The molecule has 0 fully saturated rings. The largest absolute Gasteiger partial charge is 0.481 e. The number of hydrogen-bond acceptors (Lipinski definition) is 3. The van der Waals surface area contributed by atoms with E-state index < -0.39 is 6.43 Å². The summed E-state index contributed by atoms with van der Waals surface area (Å²) in [5, 5.41) is 0. The van der Waals surface area contributed by atoms with Gasteiger partial charge in [0.2, 0.25) is 5.88 Å². The van der Waals surface area contributed by atoms with Crippen molar-refractivity contribution < 1.29 is 13.5 Å². The second kappa shape index (κ2) is 4.83. The first-order chi connectivity index (χ1) is 6.60. The average molecular weight is 314 g/mol. The number of rotatable bonds is 3. The summed E-state index contributed by atoms with van der Waals surface area (Å²) in [4.78, 5) is 3.90. The monoisotopic (exact) mass is 314 g/mol. The minimum Gasteiger partial charge on any atom is -0.481 e. The number of halogens is 3. The molecule has 0 unspecified atom stereocenters. The Morgan fingerprint density at radius 1 is 1.64 bits per heavy atom. The first-order valence-corrected chi connectivity index (χ1v) is 4.89. The van der Waals surface area contributed by atoms with E-state index in [1.165, 1.54) is 13.2 Å². The minimum absolute atomic E-state index is 0.0548. The molecule has 0 aromatic carbocycles. The molecule has 1 aromatic heterocycles. The zero-order chi connectivity index (χ0) is 10.7. The minimum atomic E-state index is -2.59. The van der Waals surface area contributed by atoms with Gasteiger partial charge in [0, 0.05) is 10.1 Å². The molecule has 2 N–H and O–H groups in total. The third-order valence-electron chi connectivity index (χ3n) is 1.66. The highest BCUT2D eigenvalue weighted by Crippen LogP contribution is 2.29. The maximum absolute atomic E-state index is 12.5. The molecule has 0 radical (unpaired) electrons. The normalized spacial score (nSPS) is 10.7. The van der Waals surface area contributed by atoms with Gasteiger partial charge in [-0.15, -0.1) is 0 Å². The summed E-state index contributed by atoms with van der Waals surface area (Å²) in [6.07, 6.45) is -2.59. The number of alkyl halides is 2. The van der Waals surface area contributed by atoms with Crippen LogP contribution in [-0.4, -0.2) is 12.1 Å². The number of hydrogen-bond donors (Lipinski definition) is 1. The first kappa shape index (κ1) is 11.6. The van der Waals surface area contributed by atoms with Crippen LogP contribution in [0.4, 0.5) is 8.78 Å². The predicted molar refractivity (Wildman–Crippen MR) is 56.4 cm³/mol. The molecule has 0 saturated carbocycles. The van der Waals surface area contributed by atoms with Crippen LogP contribution in [-0.2, 0) is 6.54 Å². The van der Waals surface area contributed by atoms with Crippen LogP contribution in [0.15, 0.2) is 6.07 Å². The van der Waals surface area contributed by atoms with Gasteiger partial charge in [0.25, 0.3) is 6.43 Å². The Morgan fingerprint density at radius 2 is 2.29 bits per heavy atom. The van der Waals surface area contributed by atoms with Crippen molar-refractivity contribution in [2.24, 2.45) is 5.73 Å². The molecule has 0 aliphatic rings. The molecule has 78 valence electrons. The standard InChI is InChI=1S/C8H9F2IN2O/c1-14-8-4(7(9)10)2-5(11)6(3-12)13-8/h2,7H,3,12H2,1H3. The molecule has 0 aliphatic carbocycles. The molecule has 6 heteroatoms. The maximum atomic E-state index is 12.5. The molecule has 0 atom stereocenters.